The Hall–Kier alpha value is -3.86. The highest BCUT2D eigenvalue weighted by atomic mass is 32.2. The van der Waals surface area contributed by atoms with Crippen LogP contribution in [0.1, 0.15) is 11.1 Å². The van der Waals surface area contributed by atoms with Gasteiger partial charge in [-0.15, -0.1) is 11.8 Å². The van der Waals surface area contributed by atoms with Crippen molar-refractivity contribution in [3.05, 3.63) is 90.6 Å². The van der Waals surface area contributed by atoms with Gasteiger partial charge in [-0.2, -0.15) is 0 Å². The Labute approximate surface area is 186 Å². The molecular formula is C21H20N4O6S. The SMILES string of the molecule is COc1ccc(N=C(SCc2ccc([N+](=O)[O-])cc2)c2c(O)n(C)c(=O)n(C)c2=O)cc1. The minimum atomic E-state index is -0.686. The first-order valence-corrected chi connectivity index (χ1v) is 10.3. The van der Waals surface area contributed by atoms with Crippen molar-refractivity contribution in [1.29, 1.82) is 0 Å². The van der Waals surface area contributed by atoms with Crippen LogP contribution in [-0.2, 0) is 19.8 Å². The van der Waals surface area contributed by atoms with Gasteiger partial charge in [0, 0.05) is 32.0 Å². The second-order valence-corrected chi connectivity index (χ2v) is 7.70. The molecule has 11 heteroatoms. The molecule has 0 unspecified atom stereocenters. The largest absolute Gasteiger partial charge is 0.497 e. The van der Waals surface area contributed by atoms with Gasteiger partial charge >= 0.3 is 5.69 Å². The molecule has 0 bridgehead atoms. The van der Waals surface area contributed by atoms with Crippen LogP contribution in [0.25, 0.3) is 0 Å². The number of aromatic nitrogens is 2. The summed E-state index contributed by atoms with van der Waals surface area (Å²) in [6, 6.07) is 12.8. The second kappa shape index (κ2) is 9.52. The summed E-state index contributed by atoms with van der Waals surface area (Å²) in [5, 5.41) is 21.6. The lowest BCUT2D eigenvalue weighted by Gasteiger charge is -2.12. The van der Waals surface area contributed by atoms with Crippen LogP contribution in [0.15, 0.2) is 63.1 Å². The van der Waals surface area contributed by atoms with Gasteiger partial charge in [0.15, 0.2) is 0 Å². The number of aliphatic imine (C=N–C) groups is 1. The molecule has 0 spiro atoms. The molecule has 1 heterocycles. The van der Waals surface area contributed by atoms with Gasteiger partial charge in [0.1, 0.15) is 16.4 Å². The van der Waals surface area contributed by atoms with Gasteiger partial charge in [-0.3, -0.25) is 24.0 Å². The van der Waals surface area contributed by atoms with Crippen molar-refractivity contribution >= 4 is 28.2 Å². The van der Waals surface area contributed by atoms with Crippen LogP contribution in [0.4, 0.5) is 11.4 Å². The van der Waals surface area contributed by atoms with Crippen LogP contribution in [-0.4, -0.2) is 31.3 Å². The normalized spacial score (nSPS) is 11.4. The van der Waals surface area contributed by atoms with Crippen molar-refractivity contribution in [3.63, 3.8) is 0 Å². The molecule has 1 aromatic heterocycles. The average Bonchev–Trinajstić information content (AvgIpc) is 2.80. The summed E-state index contributed by atoms with van der Waals surface area (Å²) in [5.41, 5.74) is -0.237. The molecule has 32 heavy (non-hydrogen) atoms. The summed E-state index contributed by atoms with van der Waals surface area (Å²) in [5.74, 6) is 0.449. The van der Waals surface area contributed by atoms with Crippen molar-refractivity contribution in [1.82, 2.24) is 9.13 Å². The molecule has 0 aliphatic rings. The average molecular weight is 456 g/mol. The maximum atomic E-state index is 12.8. The first-order chi connectivity index (χ1) is 15.2. The number of aromatic hydroxyl groups is 1. The van der Waals surface area contributed by atoms with Crippen molar-refractivity contribution in [2.45, 2.75) is 5.75 Å². The number of nitro groups is 1. The molecular weight excluding hydrogens is 436 g/mol. The van der Waals surface area contributed by atoms with E-state index in [1.807, 2.05) is 0 Å². The zero-order valence-corrected chi connectivity index (χ0v) is 18.3. The Bertz CT molecular complexity index is 1290. The molecule has 0 saturated carbocycles. The van der Waals surface area contributed by atoms with E-state index < -0.39 is 22.1 Å². The van der Waals surface area contributed by atoms with E-state index in [0.717, 1.165) is 26.5 Å². The summed E-state index contributed by atoms with van der Waals surface area (Å²) in [6.07, 6.45) is 0. The van der Waals surface area contributed by atoms with Crippen LogP contribution in [0, 0.1) is 10.1 Å². The summed E-state index contributed by atoms with van der Waals surface area (Å²) >= 11 is 1.16. The second-order valence-electron chi connectivity index (χ2n) is 6.73. The molecule has 10 nitrogen and oxygen atoms in total. The van der Waals surface area contributed by atoms with Crippen LogP contribution < -0.4 is 16.0 Å². The van der Waals surface area contributed by atoms with Gasteiger partial charge in [0.2, 0.25) is 5.88 Å². The smallest absolute Gasteiger partial charge is 0.333 e. The van der Waals surface area contributed by atoms with Gasteiger partial charge in [0.25, 0.3) is 11.2 Å². The molecule has 0 fully saturated rings. The van der Waals surface area contributed by atoms with Crippen molar-refractivity contribution in [2.24, 2.45) is 19.1 Å². The number of benzene rings is 2. The van der Waals surface area contributed by atoms with E-state index >= 15 is 0 Å². The number of nitro benzene ring substituents is 1. The number of nitrogens with zero attached hydrogens (tertiary/aromatic N) is 4. The Morgan fingerprint density at radius 1 is 1.09 bits per heavy atom. The predicted molar refractivity (Wildman–Crippen MR) is 122 cm³/mol. The number of hydrogen-bond acceptors (Lipinski definition) is 8. The van der Waals surface area contributed by atoms with E-state index in [1.165, 1.54) is 33.3 Å². The molecule has 3 aromatic rings. The highest BCUT2D eigenvalue weighted by Gasteiger charge is 2.21. The van der Waals surface area contributed by atoms with E-state index in [4.69, 9.17) is 4.74 Å². The van der Waals surface area contributed by atoms with Gasteiger partial charge in [-0.05, 0) is 29.8 Å². The molecule has 3 rings (SSSR count). The van der Waals surface area contributed by atoms with Gasteiger partial charge < -0.3 is 9.84 Å². The Balaban J connectivity index is 2.06. The summed E-state index contributed by atoms with van der Waals surface area (Å²) in [7, 11) is 4.21. The number of non-ortho nitro benzene ring substituents is 1. The summed E-state index contributed by atoms with van der Waals surface area (Å²) in [4.78, 5) is 39.9. The minimum absolute atomic E-state index is 0.0320. The fourth-order valence-corrected chi connectivity index (χ4v) is 3.81. The van der Waals surface area contributed by atoms with E-state index in [-0.39, 0.29) is 16.3 Å². The van der Waals surface area contributed by atoms with E-state index in [1.54, 1.807) is 36.4 Å². The molecule has 0 radical (unpaired) electrons. The van der Waals surface area contributed by atoms with Crippen LogP contribution in [0.3, 0.4) is 0 Å². The maximum Gasteiger partial charge on any atom is 0.333 e. The lowest BCUT2D eigenvalue weighted by Crippen LogP contribution is -2.39. The topological polar surface area (TPSA) is 129 Å². The van der Waals surface area contributed by atoms with Crippen LogP contribution in [0.5, 0.6) is 11.6 Å². The molecule has 166 valence electrons. The zero-order chi connectivity index (χ0) is 23.4. The van der Waals surface area contributed by atoms with E-state index in [0.29, 0.717) is 17.2 Å². The molecule has 0 atom stereocenters. The van der Waals surface area contributed by atoms with Gasteiger partial charge in [0.05, 0.1) is 17.7 Å². The van der Waals surface area contributed by atoms with Crippen LogP contribution in [0.2, 0.25) is 0 Å². The number of rotatable bonds is 6. The number of methoxy groups -OCH3 is 1. The fraction of sp³-hybridized carbons (Fsp3) is 0.190. The van der Waals surface area contributed by atoms with E-state index in [9.17, 15) is 24.8 Å². The first kappa shape index (κ1) is 22.8. The first-order valence-electron chi connectivity index (χ1n) is 9.31. The van der Waals surface area contributed by atoms with Crippen LogP contribution >= 0.6 is 11.8 Å². The summed E-state index contributed by atoms with van der Waals surface area (Å²) < 4.78 is 7.00. The molecule has 2 aromatic carbocycles. The lowest BCUT2D eigenvalue weighted by atomic mass is 10.2. The Morgan fingerprint density at radius 2 is 1.72 bits per heavy atom. The third-order valence-electron chi connectivity index (χ3n) is 4.67. The molecule has 1 N–H and O–H groups in total. The quantitative estimate of drug-likeness (QED) is 0.261. The highest BCUT2D eigenvalue weighted by molar-refractivity contribution is 8.13. The molecule has 0 aliphatic carbocycles. The number of thioether (sulfide) groups is 1. The van der Waals surface area contributed by atoms with Crippen molar-refractivity contribution in [2.75, 3.05) is 7.11 Å². The Kier molecular flexibility index (Phi) is 6.79. The Morgan fingerprint density at radius 3 is 2.28 bits per heavy atom. The molecule has 0 amide bonds. The van der Waals surface area contributed by atoms with Gasteiger partial charge in [-0.1, -0.05) is 12.1 Å². The fourth-order valence-electron chi connectivity index (χ4n) is 2.82. The maximum absolute atomic E-state index is 12.8. The third kappa shape index (κ3) is 4.72. The third-order valence-corrected chi connectivity index (χ3v) is 5.72. The predicted octanol–water partition coefficient (Wildman–Crippen LogP) is 2.72. The lowest BCUT2D eigenvalue weighted by molar-refractivity contribution is -0.384. The monoisotopic (exact) mass is 456 g/mol. The highest BCUT2D eigenvalue weighted by Crippen LogP contribution is 2.27. The van der Waals surface area contributed by atoms with E-state index in [2.05, 4.69) is 4.99 Å². The molecule has 0 saturated heterocycles. The molecule has 0 aliphatic heterocycles. The number of hydrogen-bond donors (Lipinski definition) is 1. The van der Waals surface area contributed by atoms with Crippen molar-refractivity contribution in [3.8, 4) is 11.6 Å². The zero-order valence-electron chi connectivity index (χ0n) is 17.5. The minimum Gasteiger partial charge on any atom is -0.497 e. The van der Waals surface area contributed by atoms with Gasteiger partial charge in [-0.25, -0.2) is 9.79 Å². The van der Waals surface area contributed by atoms with Crippen molar-refractivity contribution < 1.29 is 14.8 Å². The summed E-state index contributed by atoms with van der Waals surface area (Å²) in [6.45, 7) is 0. The number of ether oxygens (including phenoxy) is 1. The standard InChI is InChI=1S/C21H20N4O6S/c1-23-19(26)17(20(27)24(2)21(23)28)18(22-14-6-10-16(31-3)11-7-14)32-12-13-4-8-15(9-5-13)25(29)30/h4-11,26H,12H2,1-3H3.